The number of aryl methyl sites for hydroxylation is 1. The van der Waals surface area contributed by atoms with Crippen molar-refractivity contribution >= 4 is 74.8 Å². The van der Waals surface area contributed by atoms with E-state index in [1.165, 1.54) is 7.11 Å². The number of amides is 3. The maximum Gasteiger partial charge on any atom is 0.294 e. The van der Waals surface area contributed by atoms with Crippen LogP contribution in [0, 0.1) is 3.57 Å². The molecule has 0 unspecified atom stereocenters. The molecule has 1 fully saturated rings. The summed E-state index contributed by atoms with van der Waals surface area (Å²) in [5, 5.41) is 2.84. The van der Waals surface area contributed by atoms with E-state index in [-0.39, 0.29) is 18.1 Å². The van der Waals surface area contributed by atoms with Crippen LogP contribution < -0.4 is 14.8 Å². The highest BCUT2D eigenvalue weighted by Gasteiger charge is 2.36. The third kappa shape index (κ3) is 6.69. The van der Waals surface area contributed by atoms with Crippen LogP contribution in [0.2, 0.25) is 5.02 Å². The summed E-state index contributed by atoms with van der Waals surface area (Å²) in [6.45, 7) is 1.94. The second-order valence-corrected chi connectivity index (χ2v) is 10.8. The Hall–Kier alpha value is -3.02. The lowest BCUT2D eigenvalue weighted by molar-refractivity contribution is -0.127. The first-order valence-corrected chi connectivity index (χ1v) is 13.9. The third-order valence-corrected chi connectivity index (χ3v) is 7.78. The lowest BCUT2D eigenvalue weighted by Crippen LogP contribution is -2.36. The molecule has 0 spiro atoms. The molecule has 1 aliphatic rings. The number of nitrogens with zero attached hydrogens (tertiary/aromatic N) is 1. The molecule has 10 heteroatoms. The van der Waals surface area contributed by atoms with Crippen molar-refractivity contribution in [3.63, 3.8) is 0 Å². The Morgan fingerprint density at radius 2 is 1.87 bits per heavy atom. The van der Waals surface area contributed by atoms with Crippen molar-refractivity contribution in [1.29, 1.82) is 0 Å². The lowest BCUT2D eigenvalue weighted by atomic mass is 10.1. The SMILES string of the molecule is CCc1ccc(NC(=O)CN2C(=O)S/C(=C/c3cc(I)c(OCc4ccccc4Cl)c(OC)c3)C2=O)cc1. The molecule has 3 amide bonds. The Morgan fingerprint density at radius 1 is 1.13 bits per heavy atom. The van der Waals surface area contributed by atoms with Crippen molar-refractivity contribution in [1.82, 2.24) is 4.90 Å². The van der Waals surface area contributed by atoms with Crippen LogP contribution in [0.15, 0.2) is 65.6 Å². The first-order valence-electron chi connectivity index (χ1n) is 11.7. The molecule has 1 aliphatic heterocycles. The van der Waals surface area contributed by atoms with Crippen molar-refractivity contribution in [2.45, 2.75) is 20.0 Å². The van der Waals surface area contributed by atoms with E-state index in [4.69, 9.17) is 21.1 Å². The number of methoxy groups -OCH3 is 1. The van der Waals surface area contributed by atoms with Crippen LogP contribution in [0.1, 0.15) is 23.6 Å². The molecular formula is C28H24ClIN2O5S. The van der Waals surface area contributed by atoms with Crippen molar-refractivity contribution < 1.29 is 23.9 Å². The zero-order valence-corrected chi connectivity index (χ0v) is 24.4. The average Bonchev–Trinajstić information content (AvgIpc) is 3.16. The van der Waals surface area contributed by atoms with Crippen molar-refractivity contribution in [2.24, 2.45) is 0 Å². The standard InChI is InChI=1S/C28H24ClIN2O5S/c1-3-17-8-10-20(11-9-17)31-25(33)15-32-27(34)24(38-28(32)35)14-18-12-22(30)26(23(13-18)36-2)37-16-19-6-4-5-7-21(19)29/h4-14H,3,15-16H2,1-2H3,(H,31,33)/b24-14+. The molecular weight excluding hydrogens is 639 g/mol. The zero-order chi connectivity index (χ0) is 27.2. The fourth-order valence-corrected chi connectivity index (χ4v) is 5.49. The number of anilines is 1. The Balaban J connectivity index is 1.46. The third-order valence-electron chi connectivity index (χ3n) is 5.70. The highest BCUT2D eigenvalue weighted by Crippen LogP contribution is 2.38. The van der Waals surface area contributed by atoms with Crippen LogP contribution >= 0.6 is 46.0 Å². The van der Waals surface area contributed by atoms with E-state index in [1.54, 1.807) is 30.3 Å². The van der Waals surface area contributed by atoms with Crippen molar-refractivity contribution in [3.8, 4) is 11.5 Å². The fourth-order valence-electron chi connectivity index (χ4n) is 3.68. The van der Waals surface area contributed by atoms with Gasteiger partial charge in [-0.05, 0) is 88.3 Å². The van der Waals surface area contributed by atoms with Crippen LogP contribution in [0.4, 0.5) is 10.5 Å². The number of carbonyl (C=O) groups is 3. The summed E-state index contributed by atoms with van der Waals surface area (Å²) in [6, 6.07) is 18.4. The minimum Gasteiger partial charge on any atom is -0.493 e. The molecule has 1 N–H and O–H groups in total. The second-order valence-electron chi connectivity index (χ2n) is 8.28. The van der Waals surface area contributed by atoms with Gasteiger partial charge in [0.05, 0.1) is 15.6 Å². The van der Waals surface area contributed by atoms with Gasteiger partial charge in [-0.25, -0.2) is 0 Å². The van der Waals surface area contributed by atoms with Crippen LogP contribution in [0.25, 0.3) is 6.08 Å². The van der Waals surface area contributed by atoms with E-state index in [0.29, 0.717) is 27.8 Å². The molecule has 7 nitrogen and oxygen atoms in total. The largest absolute Gasteiger partial charge is 0.493 e. The Kier molecular flexibility index (Phi) is 9.35. The molecule has 0 aromatic heterocycles. The van der Waals surface area contributed by atoms with E-state index in [9.17, 15) is 14.4 Å². The molecule has 0 bridgehead atoms. The van der Waals surface area contributed by atoms with Gasteiger partial charge in [0.25, 0.3) is 11.1 Å². The topological polar surface area (TPSA) is 84.9 Å². The van der Waals surface area contributed by atoms with Gasteiger partial charge in [-0.3, -0.25) is 19.3 Å². The van der Waals surface area contributed by atoms with Gasteiger partial charge >= 0.3 is 0 Å². The van der Waals surface area contributed by atoms with Crippen molar-refractivity contribution in [2.75, 3.05) is 19.0 Å². The monoisotopic (exact) mass is 662 g/mol. The molecule has 38 heavy (non-hydrogen) atoms. The van der Waals surface area contributed by atoms with Gasteiger partial charge in [0.2, 0.25) is 5.91 Å². The summed E-state index contributed by atoms with van der Waals surface area (Å²) < 4.78 is 12.3. The van der Waals surface area contributed by atoms with Gasteiger partial charge in [0.15, 0.2) is 11.5 Å². The maximum absolute atomic E-state index is 13.0. The maximum atomic E-state index is 13.0. The number of carbonyl (C=O) groups excluding carboxylic acids is 3. The van der Waals surface area contributed by atoms with E-state index in [1.807, 2.05) is 43.3 Å². The van der Waals surface area contributed by atoms with Crippen LogP contribution in [0.5, 0.6) is 11.5 Å². The summed E-state index contributed by atoms with van der Waals surface area (Å²) >= 11 is 9.15. The molecule has 0 saturated carbocycles. The summed E-state index contributed by atoms with van der Waals surface area (Å²) in [7, 11) is 1.53. The summed E-state index contributed by atoms with van der Waals surface area (Å²) in [5.74, 6) is 0.0448. The second kappa shape index (κ2) is 12.7. The van der Waals surface area contributed by atoms with E-state index in [0.717, 1.165) is 37.8 Å². The Morgan fingerprint density at radius 3 is 2.55 bits per heavy atom. The van der Waals surface area contributed by atoms with Gasteiger partial charge in [0, 0.05) is 16.3 Å². The van der Waals surface area contributed by atoms with Crippen molar-refractivity contribution in [3.05, 3.63) is 90.9 Å². The molecule has 1 heterocycles. The number of benzene rings is 3. The molecule has 4 rings (SSSR count). The molecule has 0 radical (unpaired) electrons. The summed E-state index contributed by atoms with van der Waals surface area (Å²) in [6.07, 6.45) is 2.50. The van der Waals surface area contributed by atoms with Gasteiger partial charge in [-0.2, -0.15) is 0 Å². The minimum absolute atomic E-state index is 0.220. The summed E-state index contributed by atoms with van der Waals surface area (Å²) in [5.41, 5.74) is 3.24. The molecule has 196 valence electrons. The van der Waals surface area contributed by atoms with Crippen LogP contribution in [-0.4, -0.2) is 35.6 Å². The summed E-state index contributed by atoms with van der Waals surface area (Å²) in [4.78, 5) is 39.2. The number of nitrogens with one attached hydrogen (secondary N) is 1. The van der Waals surface area contributed by atoms with Gasteiger partial charge in [-0.15, -0.1) is 0 Å². The number of ether oxygens (including phenoxy) is 2. The highest BCUT2D eigenvalue weighted by atomic mass is 127. The highest BCUT2D eigenvalue weighted by molar-refractivity contribution is 14.1. The lowest BCUT2D eigenvalue weighted by Gasteiger charge is -2.14. The predicted octanol–water partition coefficient (Wildman–Crippen LogP) is 6.77. The molecule has 0 aliphatic carbocycles. The number of imide groups is 1. The number of halogens is 2. The first-order chi connectivity index (χ1) is 18.3. The van der Waals surface area contributed by atoms with Gasteiger partial charge < -0.3 is 14.8 Å². The van der Waals surface area contributed by atoms with Crippen LogP contribution in [0.3, 0.4) is 0 Å². The minimum atomic E-state index is -0.524. The van der Waals surface area contributed by atoms with Gasteiger partial charge in [-0.1, -0.05) is 48.9 Å². The number of hydrogen-bond acceptors (Lipinski definition) is 6. The molecule has 1 saturated heterocycles. The van der Waals surface area contributed by atoms with E-state index >= 15 is 0 Å². The first kappa shape index (κ1) is 28.0. The quantitative estimate of drug-likeness (QED) is 0.201. The Labute approximate surface area is 243 Å². The molecule has 3 aromatic rings. The Bertz CT molecular complexity index is 1410. The van der Waals surface area contributed by atoms with E-state index < -0.39 is 17.1 Å². The fraction of sp³-hybridized carbons (Fsp3) is 0.179. The number of rotatable bonds is 9. The number of thioether (sulfide) groups is 1. The van der Waals surface area contributed by atoms with E-state index in [2.05, 4.69) is 27.9 Å². The molecule has 0 atom stereocenters. The smallest absolute Gasteiger partial charge is 0.294 e. The predicted molar refractivity (Wildman–Crippen MR) is 159 cm³/mol. The average molecular weight is 663 g/mol. The normalized spacial score (nSPS) is 14.2. The molecule has 3 aromatic carbocycles. The van der Waals surface area contributed by atoms with Gasteiger partial charge in [0.1, 0.15) is 13.2 Å². The number of hydrogen-bond donors (Lipinski definition) is 1. The zero-order valence-electron chi connectivity index (χ0n) is 20.6. The van der Waals surface area contributed by atoms with Crippen LogP contribution in [-0.2, 0) is 22.6 Å².